The summed E-state index contributed by atoms with van der Waals surface area (Å²) in [5, 5.41) is 15.3. The highest BCUT2D eigenvalue weighted by Gasteiger charge is 2.23. The molecule has 7 heteroatoms. The van der Waals surface area contributed by atoms with E-state index in [0.29, 0.717) is 28.6 Å². The average Bonchev–Trinajstić information content (AvgIpc) is 2.87. The lowest BCUT2D eigenvalue weighted by atomic mass is 10.1. The van der Waals surface area contributed by atoms with E-state index < -0.39 is 6.10 Å². The van der Waals surface area contributed by atoms with E-state index in [1.54, 1.807) is 30.3 Å². The summed E-state index contributed by atoms with van der Waals surface area (Å²) in [6, 6.07) is 1.69. The molecular formula is C14H19ClN4O2. The third-order valence-corrected chi connectivity index (χ3v) is 3.50. The van der Waals surface area contributed by atoms with Crippen LogP contribution < -0.4 is 4.74 Å². The maximum absolute atomic E-state index is 10.7. The molecule has 0 fully saturated rings. The van der Waals surface area contributed by atoms with E-state index >= 15 is 0 Å². The zero-order chi connectivity index (χ0) is 15.4. The first kappa shape index (κ1) is 15.8. The van der Waals surface area contributed by atoms with Crippen molar-refractivity contribution in [2.75, 3.05) is 27.7 Å². The van der Waals surface area contributed by atoms with Gasteiger partial charge in [0.15, 0.2) is 5.75 Å². The van der Waals surface area contributed by atoms with Crippen molar-refractivity contribution in [3.63, 3.8) is 0 Å². The Morgan fingerprint density at radius 3 is 2.81 bits per heavy atom. The molecule has 1 atom stereocenters. The molecule has 0 saturated carbocycles. The number of nitrogens with zero attached hydrogens (tertiary/aromatic N) is 4. The number of rotatable bonds is 6. The lowest BCUT2D eigenvalue weighted by Gasteiger charge is -2.17. The summed E-state index contributed by atoms with van der Waals surface area (Å²) in [6.07, 6.45) is 3.79. The molecule has 0 aliphatic heterocycles. The van der Waals surface area contributed by atoms with Crippen LogP contribution in [0.25, 0.3) is 0 Å². The SMILES string of the molecule is COc1cnn(CCN(C)C)c1C(O)c1ccncc1Cl. The summed E-state index contributed by atoms with van der Waals surface area (Å²) in [4.78, 5) is 5.98. The van der Waals surface area contributed by atoms with Crippen LogP contribution in [0.5, 0.6) is 5.75 Å². The molecule has 2 rings (SSSR count). The van der Waals surface area contributed by atoms with E-state index in [2.05, 4.69) is 10.1 Å². The fraction of sp³-hybridized carbons (Fsp3) is 0.429. The maximum Gasteiger partial charge on any atom is 0.163 e. The molecule has 1 N–H and O–H groups in total. The highest BCUT2D eigenvalue weighted by Crippen LogP contribution is 2.32. The average molecular weight is 311 g/mol. The van der Waals surface area contributed by atoms with Crippen LogP contribution in [-0.4, -0.2) is 52.5 Å². The zero-order valence-corrected chi connectivity index (χ0v) is 13.1. The Hall–Kier alpha value is -1.63. The largest absolute Gasteiger partial charge is 0.493 e. The van der Waals surface area contributed by atoms with E-state index in [-0.39, 0.29) is 0 Å². The molecule has 21 heavy (non-hydrogen) atoms. The van der Waals surface area contributed by atoms with Crippen LogP contribution in [0.2, 0.25) is 5.02 Å². The molecule has 114 valence electrons. The van der Waals surface area contributed by atoms with Gasteiger partial charge in [-0.15, -0.1) is 0 Å². The minimum absolute atomic E-state index is 0.410. The van der Waals surface area contributed by atoms with Crippen LogP contribution in [0.4, 0.5) is 0 Å². The van der Waals surface area contributed by atoms with Crippen LogP contribution in [-0.2, 0) is 6.54 Å². The van der Waals surface area contributed by atoms with Crippen molar-refractivity contribution >= 4 is 11.6 Å². The fourth-order valence-electron chi connectivity index (χ4n) is 2.04. The van der Waals surface area contributed by atoms with Gasteiger partial charge in [-0.25, -0.2) is 0 Å². The Balaban J connectivity index is 2.36. The number of aromatic nitrogens is 3. The Morgan fingerprint density at radius 2 is 2.19 bits per heavy atom. The predicted molar refractivity (Wildman–Crippen MR) is 80.6 cm³/mol. The van der Waals surface area contributed by atoms with Gasteiger partial charge in [-0.3, -0.25) is 9.67 Å². The van der Waals surface area contributed by atoms with E-state index in [1.807, 2.05) is 19.0 Å². The Bertz CT molecular complexity index is 600. The minimum atomic E-state index is -0.917. The van der Waals surface area contributed by atoms with Gasteiger partial charge in [-0.1, -0.05) is 11.6 Å². The van der Waals surface area contributed by atoms with E-state index in [1.165, 1.54) is 6.20 Å². The lowest BCUT2D eigenvalue weighted by Crippen LogP contribution is -2.21. The molecule has 0 spiro atoms. The first-order valence-corrected chi connectivity index (χ1v) is 6.94. The first-order valence-electron chi connectivity index (χ1n) is 6.56. The molecule has 2 aromatic rings. The molecule has 0 saturated heterocycles. The Kier molecular flexibility index (Phi) is 5.17. The van der Waals surface area contributed by atoms with Crippen LogP contribution in [0.3, 0.4) is 0 Å². The summed E-state index contributed by atoms with van der Waals surface area (Å²) in [5.74, 6) is 0.536. The fourth-order valence-corrected chi connectivity index (χ4v) is 2.26. The summed E-state index contributed by atoms with van der Waals surface area (Å²) in [7, 11) is 5.52. The van der Waals surface area contributed by atoms with Gasteiger partial charge in [0.2, 0.25) is 0 Å². The van der Waals surface area contributed by atoms with Crippen molar-refractivity contribution in [2.45, 2.75) is 12.6 Å². The minimum Gasteiger partial charge on any atom is -0.493 e. The van der Waals surface area contributed by atoms with Gasteiger partial charge in [0.05, 0.1) is 24.9 Å². The van der Waals surface area contributed by atoms with Gasteiger partial charge < -0.3 is 14.7 Å². The molecule has 0 bridgehead atoms. The molecule has 0 aromatic carbocycles. The second-order valence-corrected chi connectivity index (χ2v) is 5.33. The number of aliphatic hydroxyl groups excluding tert-OH is 1. The van der Waals surface area contributed by atoms with E-state index in [4.69, 9.17) is 16.3 Å². The summed E-state index contributed by atoms with van der Waals surface area (Å²) >= 11 is 6.11. The molecule has 0 aliphatic carbocycles. The maximum atomic E-state index is 10.7. The molecule has 2 aromatic heterocycles. The normalized spacial score (nSPS) is 12.7. The van der Waals surface area contributed by atoms with Crippen LogP contribution in [0.1, 0.15) is 17.4 Å². The van der Waals surface area contributed by atoms with Gasteiger partial charge >= 0.3 is 0 Å². The van der Waals surface area contributed by atoms with E-state index in [0.717, 1.165) is 6.54 Å². The van der Waals surface area contributed by atoms with Crippen molar-refractivity contribution in [1.29, 1.82) is 0 Å². The Labute approximate surface area is 128 Å². The van der Waals surface area contributed by atoms with Crippen LogP contribution in [0.15, 0.2) is 24.7 Å². The summed E-state index contributed by atoms with van der Waals surface area (Å²) in [5.41, 5.74) is 1.17. The van der Waals surface area contributed by atoms with Crippen LogP contribution >= 0.6 is 11.6 Å². The number of likely N-dealkylation sites (N-methyl/N-ethyl adjacent to an activating group) is 1. The van der Waals surface area contributed by atoms with Gasteiger partial charge in [-0.2, -0.15) is 5.10 Å². The molecular weight excluding hydrogens is 292 g/mol. The van der Waals surface area contributed by atoms with Crippen molar-refractivity contribution in [1.82, 2.24) is 19.7 Å². The first-order chi connectivity index (χ1) is 10.0. The van der Waals surface area contributed by atoms with Gasteiger partial charge in [0, 0.05) is 24.5 Å². The van der Waals surface area contributed by atoms with E-state index in [9.17, 15) is 5.11 Å². The van der Waals surface area contributed by atoms with Crippen molar-refractivity contribution in [3.05, 3.63) is 40.9 Å². The summed E-state index contributed by atoms with van der Waals surface area (Å²) in [6.45, 7) is 1.44. The number of hydrogen-bond donors (Lipinski definition) is 1. The van der Waals surface area contributed by atoms with Crippen LogP contribution in [0, 0.1) is 0 Å². The molecule has 0 amide bonds. The highest BCUT2D eigenvalue weighted by atomic mass is 35.5. The molecule has 2 heterocycles. The van der Waals surface area contributed by atoms with Crippen molar-refractivity contribution < 1.29 is 9.84 Å². The lowest BCUT2D eigenvalue weighted by molar-refractivity contribution is 0.200. The second-order valence-electron chi connectivity index (χ2n) is 4.92. The predicted octanol–water partition coefficient (Wildman–Crippen LogP) is 1.58. The number of aliphatic hydroxyl groups is 1. The third-order valence-electron chi connectivity index (χ3n) is 3.18. The second kappa shape index (κ2) is 6.89. The number of pyridine rings is 1. The quantitative estimate of drug-likeness (QED) is 0.877. The topological polar surface area (TPSA) is 63.4 Å². The highest BCUT2D eigenvalue weighted by molar-refractivity contribution is 6.31. The van der Waals surface area contributed by atoms with Gasteiger partial charge in [-0.05, 0) is 20.2 Å². The third kappa shape index (κ3) is 3.53. The summed E-state index contributed by atoms with van der Waals surface area (Å²) < 4.78 is 7.04. The van der Waals surface area contributed by atoms with Gasteiger partial charge in [0.25, 0.3) is 0 Å². The molecule has 0 aliphatic rings. The zero-order valence-electron chi connectivity index (χ0n) is 12.3. The smallest absolute Gasteiger partial charge is 0.163 e. The molecule has 1 unspecified atom stereocenters. The number of halogens is 1. The molecule has 6 nitrogen and oxygen atoms in total. The standard InChI is InChI=1S/C14H19ClN4O2/c1-18(2)6-7-19-13(12(21-3)9-17-19)14(20)10-4-5-16-8-11(10)15/h4-5,8-9,14,20H,6-7H2,1-3H3. The number of ether oxygens (including phenoxy) is 1. The number of hydrogen-bond acceptors (Lipinski definition) is 5. The monoisotopic (exact) mass is 310 g/mol. The van der Waals surface area contributed by atoms with Crippen molar-refractivity contribution in [2.24, 2.45) is 0 Å². The molecule has 0 radical (unpaired) electrons. The van der Waals surface area contributed by atoms with Gasteiger partial charge in [0.1, 0.15) is 11.8 Å². The van der Waals surface area contributed by atoms with Crippen molar-refractivity contribution in [3.8, 4) is 5.75 Å². The Morgan fingerprint density at radius 1 is 1.43 bits per heavy atom. The number of methoxy groups -OCH3 is 1.